The number of aryl methyl sites for hydroxylation is 1. The van der Waals surface area contributed by atoms with Crippen LogP contribution in [-0.2, 0) is 11.8 Å². The second kappa shape index (κ2) is 5.51. The summed E-state index contributed by atoms with van der Waals surface area (Å²) in [5.41, 5.74) is 1.40. The minimum atomic E-state index is -0.473. The first-order valence-electron chi connectivity index (χ1n) is 6.86. The quantitative estimate of drug-likeness (QED) is 0.793. The normalized spacial score (nSPS) is 18.0. The third-order valence-corrected chi connectivity index (χ3v) is 3.70. The van der Waals surface area contributed by atoms with Crippen LogP contribution in [0.4, 0.5) is 5.82 Å². The summed E-state index contributed by atoms with van der Waals surface area (Å²) in [7, 11) is 3.24. The Bertz CT molecular complexity index is 637. The molecular weight excluding hydrogens is 270 g/mol. The van der Waals surface area contributed by atoms with Crippen LogP contribution < -0.4 is 4.90 Å². The lowest BCUT2D eigenvalue weighted by molar-refractivity contribution is 0.0592. The zero-order valence-electron chi connectivity index (χ0n) is 12.1. The molecule has 2 aromatic rings. The Kier molecular flexibility index (Phi) is 3.55. The van der Waals surface area contributed by atoms with E-state index in [0.29, 0.717) is 0 Å². The second-order valence-electron chi connectivity index (χ2n) is 5.07. The average Bonchev–Trinajstić information content (AvgIpc) is 3.15. The van der Waals surface area contributed by atoms with Crippen LogP contribution in [0.2, 0.25) is 0 Å². The van der Waals surface area contributed by atoms with Crippen molar-refractivity contribution < 1.29 is 9.53 Å². The number of anilines is 1. The fourth-order valence-electron chi connectivity index (χ4n) is 2.69. The molecule has 1 fully saturated rings. The zero-order valence-corrected chi connectivity index (χ0v) is 12.1. The fourth-order valence-corrected chi connectivity index (χ4v) is 2.69. The van der Waals surface area contributed by atoms with Crippen LogP contribution in [0, 0.1) is 0 Å². The molecule has 7 nitrogen and oxygen atoms in total. The SMILES string of the molecule is COC(=O)c1ccc(N2CCCC2c2cnn(C)c2)nn1. The Hall–Kier alpha value is -2.44. The molecule has 0 bridgehead atoms. The van der Waals surface area contributed by atoms with Gasteiger partial charge in [-0.25, -0.2) is 4.79 Å². The molecule has 1 aliphatic heterocycles. The number of aromatic nitrogens is 4. The van der Waals surface area contributed by atoms with Crippen molar-refractivity contribution in [2.75, 3.05) is 18.6 Å². The Morgan fingerprint density at radius 1 is 1.38 bits per heavy atom. The van der Waals surface area contributed by atoms with Crippen molar-refractivity contribution in [3.05, 3.63) is 35.8 Å². The molecule has 0 radical (unpaired) electrons. The molecule has 7 heteroatoms. The van der Waals surface area contributed by atoms with Gasteiger partial charge in [-0.3, -0.25) is 4.68 Å². The minimum Gasteiger partial charge on any atom is -0.464 e. The molecule has 1 unspecified atom stereocenters. The Labute approximate surface area is 122 Å². The highest BCUT2D eigenvalue weighted by atomic mass is 16.5. The van der Waals surface area contributed by atoms with Gasteiger partial charge in [0.2, 0.25) is 0 Å². The van der Waals surface area contributed by atoms with Gasteiger partial charge in [-0.1, -0.05) is 0 Å². The van der Waals surface area contributed by atoms with Gasteiger partial charge in [0, 0.05) is 25.4 Å². The predicted octanol–water partition coefficient (Wildman–Crippen LogP) is 1.34. The van der Waals surface area contributed by atoms with Crippen molar-refractivity contribution in [3.63, 3.8) is 0 Å². The topological polar surface area (TPSA) is 73.1 Å². The van der Waals surface area contributed by atoms with Gasteiger partial charge in [0.25, 0.3) is 0 Å². The smallest absolute Gasteiger partial charge is 0.358 e. The number of hydrogen-bond donors (Lipinski definition) is 0. The van der Waals surface area contributed by atoms with E-state index in [9.17, 15) is 4.79 Å². The molecule has 1 aliphatic rings. The molecule has 2 aromatic heterocycles. The van der Waals surface area contributed by atoms with Crippen LogP contribution >= 0.6 is 0 Å². The number of ether oxygens (including phenoxy) is 1. The van der Waals surface area contributed by atoms with Gasteiger partial charge in [0.15, 0.2) is 11.5 Å². The molecule has 3 heterocycles. The molecule has 0 spiro atoms. The molecular formula is C14H17N5O2. The molecule has 0 aliphatic carbocycles. The van der Waals surface area contributed by atoms with E-state index in [0.717, 1.165) is 25.2 Å². The number of nitrogens with zero attached hydrogens (tertiary/aromatic N) is 5. The summed E-state index contributed by atoms with van der Waals surface area (Å²) in [4.78, 5) is 13.6. The summed E-state index contributed by atoms with van der Waals surface area (Å²) in [5, 5.41) is 12.3. The van der Waals surface area contributed by atoms with Gasteiger partial charge in [-0.2, -0.15) is 5.10 Å². The van der Waals surface area contributed by atoms with Crippen molar-refractivity contribution in [3.8, 4) is 0 Å². The van der Waals surface area contributed by atoms with E-state index in [4.69, 9.17) is 0 Å². The monoisotopic (exact) mass is 287 g/mol. The predicted molar refractivity (Wildman–Crippen MR) is 75.9 cm³/mol. The Morgan fingerprint density at radius 2 is 2.24 bits per heavy atom. The first-order valence-corrected chi connectivity index (χ1v) is 6.86. The minimum absolute atomic E-state index is 0.221. The van der Waals surface area contributed by atoms with Gasteiger partial charge < -0.3 is 9.64 Å². The van der Waals surface area contributed by atoms with Crippen molar-refractivity contribution in [2.45, 2.75) is 18.9 Å². The van der Waals surface area contributed by atoms with Crippen LogP contribution in [0.1, 0.15) is 34.9 Å². The van der Waals surface area contributed by atoms with Gasteiger partial charge >= 0.3 is 5.97 Å². The van der Waals surface area contributed by atoms with Gasteiger partial charge in [-0.05, 0) is 25.0 Å². The van der Waals surface area contributed by atoms with Crippen LogP contribution in [-0.4, -0.2) is 39.6 Å². The largest absolute Gasteiger partial charge is 0.464 e. The van der Waals surface area contributed by atoms with Crippen LogP contribution in [0.25, 0.3) is 0 Å². The lowest BCUT2D eigenvalue weighted by Gasteiger charge is -2.24. The van der Waals surface area contributed by atoms with E-state index in [1.165, 1.54) is 12.7 Å². The highest BCUT2D eigenvalue weighted by molar-refractivity contribution is 5.87. The van der Waals surface area contributed by atoms with E-state index in [1.54, 1.807) is 10.7 Å². The third-order valence-electron chi connectivity index (χ3n) is 3.70. The lowest BCUT2D eigenvalue weighted by Crippen LogP contribution is -2.24. The second-order valence-corrected chi connectivity index (χ2v) is 5.07. The molecule has 0 amide bonds. The number of carbonyl (C=O) groups excluding carboxylic acids is 1. The van der Waals surface area contributed by atoms with Crippen molar-refractivity contribution in [1.29, 1.82) is 0 Å². The number of methoxy groups -OCH3 is 1. The summed E-state index contributed by atoms with van der Waals surface area (Å²) in [6, 6.07) is 3.72. The third kappa shape index (κ3) is 2.58. The molecule has 1 saturated heterocycles. The van der Waals surface area contributed by atoms with Crippen LogP contribution in [0.3, 0.4) is 0 Å². The van der Waals surface area contributed by atoms with Crippen LogP contribution in [0.15, 0.2) is 24.5 Å². The molecule has 21 heavy (non-hydrogen) atoms. The molecule has 1 atom stereocenters. The van der Waals surface area contributed by atoms with Crippen molar-refractivity contribution in [1.82, 2.24) is 20.0 Å². The maximum atomic E-state index is 11.4. The summed E-state index contributed by atoms with van der Waals surface area (Å²) in [6.45, 7) is 0.922. The van der Waals surface area contributed by atoms with E-state index in [-0.39, 0.29) is 11.7 Å². The first-order chi connectivity index (χ1) is 10.2. The molecule has 0 saturated carbocycles. The van der Waals surface area contributed by atoms with E-state index in [2.05, 4.69) is 24.9 Å². The molecule has 110 valence electrons. The first kappa shape index (κ1) is 13.5. The molecule has 3 rings (SSSR count). The summed E-state index contributed by atoms with van der Waals surface area (Å²) < 4.78 is 6.43. The zero-order chi connectivity index (χ0) is 14.8. The summed E-state index contributed by atoms with van der Waals surface area (Å²) in [5.74, 6) is 0.299. The summed E-state index contributed by atoms with van der Waals surface area (Å²) >= 11 is 0. The van der Waals surface area contributed by atoms with Gasteiger partial charge in [0.1, 0.15) is 0 Å². The standard InChI is InChI=1S/C14H17N5O2/c1-18-9-10(8-15-18)12-4-3-7-19(12)13-6-5-11(16-17-13)14(20)21-2/h5-6,8-9,12H,3-4,7H2,1-2H3. The van der Waals surface area contributed by atoms with Gasteiger partial charge in [-0.15, -0.1) is 10.2 Å². The van der Waals surface area contributed by atoms with E-state index < -0.39 is 5.97 Å². The van der Waals surface area contributed by atoms with Crippen LogP contribution in [0.5, 0.6) is 0 Å². The average molecular weight is 287 g/mol. The van der Waals surface area contributed by atoms with E-state index >= 15 is 0 Å². The lowest BCUT2D eigenvalue weighted by atomic mass is 10.1. The maximum absolute atomic E-state index is 11.4. The highest BCUT2D eigenvalue weighted by Crippen LogP contribution is 2.34. The Morgan fingerprint density at radius 3 is 2.86 bits per heavy atom. The number of hydrogen-bond acceptors (Lipinski definition) is 6. The summed E-state index contributed by atoms with van der Waals surface area (Å²) in [6.07, 6.45) is 6.07. The number of rotatable bonds is 3. The number of carbonyl (C=O) groups is 1. The number of esters is 1. The van der Waals surface area contributed by atoms with E-state index in [1.807, 2.05) is 25.5 Å². The van der Waals surface area contributed by atoms with Crippen molar-refractivity contribution >= 4 is 11.8 Å². The molecule has 0 aromatic carbocycles. The van der Waals surface area contributed by atoms with Gasteiger partial charge in [0.05, 0.1) is 19.3 Å². The highest BCUT2D eigenvalue weighted by Gasteiger charge is 2.28. The fraction of sp³-hybridized carbons (Fsp3) is 0.429. The maximum Gasteiger partial charge on any atom is 0.358 e. The molecule has 0 N–H and O–H groups in total. The van der Waals surface area contributed by atoms with Crippen molar-refractivity contribution in [2.24, 2.45) is 7.05 Å². The Balaban J connectivity index is 1.83.